The van der Waals surface area contributed by atoms with Crippen LogP contribution in [0.3, 0.4) is 0 Å². The minimum absolute atomic E-state index is 0.103. The van der Waals surface area contributed by atoms with Gasteiger partial charge in [-0.1, -0.05) is 5.92 Å². The van der Waals surface area contributed by atoms with Gasteiger partial charge in [0.25, 0.3) is 6.10 Å². The van der Waals surface area contributed by atoms with Gasteiger partial charge in [-0.15, -0.1) is 6.42 Å². The number of aromatic nitrogens is 2. The normalized spacial score (nSPS) is 15.2. The second-order valence-electron chi connectivity index (χ2n) is 6.33. The standard InChI is InChI=1S/C18H13F6N3O2/c1-2-11-3-5-13(6-4-11)27-8-7-14(25-27)12-9-26(10-12)16(28)29-15(17(19,20)21)18(22,23)24/h1,3-8,12,15H,9-10H2. The molecule has 1 aromatic heterocycles. The summed E-state index contributed by atoms with van der Waals surface area (Å²) in [6.07, 6.45) is -10.4. The lowest BCUT2D eigenvalue weighted by Crippen LogP contribution is -2.53. The minimum atomic E-state index is -5.74. The molecule has 1 saturated heterocycles. The summed E-state index contributed by atoms with van der Waals surface area (Å²) in [5.41, 5.74) is 1.94. The lowest BCUT2D eigenvalue weighted by molar-refractivity contribution is -0.308. The van der Waals surface area contributed by atoms with Crippen LogP contribution in [0.4, 0.5) is 31.1 Å². The lowest BCUT2D eigenvalue weighted by Gasteiger charge is -2.38. The Labute approximate surface area is 160 Å². The lowest BCUT2D eigenvalue weighted by atomic mass is 9.97. The van der Waals surface area contributed by atoms with Crippen LogP contribution in [0.5, 0.6) is 0 Å². The topological polar surface area (TPSA) is 47.4 Å². The maximum Gasteiger partial charge on any atom is 0.434 e. The molecule has 0 aliphatic carbocycles. The Balaban J connectivity index is 1.60. The fourth-order valence-electron chi connectivity index (χ4n) is 2.72. The Morgan fingerprint density at radius 3 is 2.21 bits per heavy atom. The highest BCUT2D eigenvalue weighted by molar-refractivity contribution is 5.69. The summed E-state index contributed by atoms with van der Waals surface area (Å²) in [6, 6.07) is 8.57. The number of likely N-dealkylation sites (tertiary alicyclic amines) is 1. The van der Waals surface area contributed by atoms with Gasteiger partial charge in [0, 0.05) is 30.8 Å². The third-order valence-corrected chi connectivity index (χ3v) is 4.28. The van der Waals surface area contributed by atoms with Crippen molar-refractivity contribution in [2.45, 2.75) is 24.4 Å². The molecular formula is C18H13F6N3O2. The van der Waals surface area contributed by atoms with Gasteiger partial charge in [-0.2, -0.15) is 31.4 Å². The van der Waals surface area contributed by atoms with E-state index in [1.165, 1.54) is 0 Å². The summed E-state index contributed by atoms with van der Waals surface area (Å²) in [7, 11) is 0. The number of carbonyl (C=O) groups excluding carboxylic acids is 1. The molecule has 11 heteroatoms. The van der Waals surface area contributed by atoms with Gasteiger partial charge < -0.3 is 9.64 Å². The van der Waals surface area contributed by atoms with Crippen LogP contribution in [-0.2, 0) is 4.74 Å². The first-order valence-electron chi connectivity index (χ1n) is 8.20. The maximum absolute atomic E-state index is 12.5. The van der Waals surface area contributed by atoms with E-state index in [1.807, 2.05) is 0 Å². The van der Waals surface area contributed by atoms with Crippen molar-refractivity contribution in [2.24, 2.45) is 0 Å². The van der Waals surface area contributed by atoms with Crippen molar-refractivity contribution in [1.82, 2.24) is 14.7 Å². The number of alkyl halides is 6. The summed E-state index contributed by atoms with van der Waals surface area (Å²) in [5.74, 6) is 2.15. The molecule has 0 N–H and O–H groups in total. The molecule has 1 aromatic carbocycles. The average Bonchev–Trinajstić information content (AvgIpc) is 3.06. The number of benzene rings is 1. The molecule has 0 atom stereocenters. The number of nitrogens with zero attached hydrogens (tertiary/aromatic N) is 3. The molecule has 154 valence electrons. The van der Waals surface area contributed by atoms with Gasteiger partial charge in [-0.3, -0.25) is 0 Å². The second-order valence-corrected chi connectivity index (χ2v) is 6.33. The smallest absolute Gasteiger partial charge is 0.426 e. The predicted octanol–water partition coefficient (Wildman–Crippen LogP) is 3.88. The molecule has 1 aliphatic rings. The number of hydrogen-bond donors (Lipinski definition) is 0. The van der Waals surface area contributed by atoms with Gasteiger partial charge in [-0.05, 0) is 30.3 Å². The quantitative estimate of drug-likeness (QED) is 0.563. The van der Waals surface area contributed by atoms with Gasteiger partial charge in [0.05, 0.1) is 11.4 Å². The Morgan fingerprint density at radius 2 is 1.69 bits per heavy atom. The number of ether oxygens (including phenoxy) is 1. The Bertz CT molecular complexity index is 907. The van der Waals surface area contributed by atoms with Crippen LogP contribution in [0.2, 0.25) is 0 Å². The molecule has 1 fully saturated rings. The van der Waals surface area contributed by atoms with Crippen LogP contribution in [0.15, 0.2) is 36.5 Å². The molecule has 0 radical (unpaired) electrons. The van der Waals surface area contributed by atoms with Crippen LogP contribution in [0.1, 0.15) is 17.2 Å². The van der Waals surface area contributed by atoms with E-state index in [2.05, 4.69) is 15.8 Å². The number of terminal acetylenes is 1. The van der Waals surface area contributed by atoms with E-state index >= 15 is 0 Å². The molecule has 0 spiro atoms. The third-order valence-electron chi connectivity index (χ3n) is 4.28. The van der Waals surface area contributed by atoms with Gasteiger partial charge in [0.15, 0.2) is 0 Å². The first-order valence-corrected chi connectivity index (χ1v) is 8.20. The fourth-order valence-corrected chi connectivity index (χ4v) is 2.72. The van der Waals surface area contributed by atoms with Gasteiger partial charge in [0.2, 0.25) is 0 Å². The van der Waals surface area contributed by atoms with Crippen molar-refractivity contribution in [3.05, 3.63) is 47.8 Å². The largest absolute Gasteiger partial charge is 0.434 e. The van der Waals surface area contributed by atoms with E-state index in [0.717, 1.165) is 4.90 Å². The van der Waals surface area contributed by atoms with Crippen molar-refractivity contribution < 1.29 is 35.9 Å². The summed E-state index contributed by atoms with van der Waals surface area (Å²) in [4.78, 5) is 12.4. The van der Waals surface area contributed by atoms with E-state index in [0.29, 0.717) is 16.9 Å². The van der Waals surface area contributed by atoms with Crippen LogP contribution < -0.4 is 0 Å². The predicted molar refractivity (Wildman–Crippen MR) is 88.2 cm³/mol. The van der Waals surface area contributed by atoms with Gasteiger partial charge in [0.1, 0.15) is 0 Å². The monoisotopic (exact) mass is 417 g/mol. The van der Waals surface area contributed by atoms with Crippen LogP contribution in [-0.4, -0.2) is 52.3 Å². The molecule has 2 aromatic rings. The van der Waals surface area contributed by atoms with Crippen molar-refractivity contribution in [1.29, 1.82) is 0 Å². The van der Waals surface area contributed by atoms with Gasteiger partial charge in [-0.25, -0.2) is 9.48 Å². The van der Waals surface area contributed by atoms with E-state index in [1.54, 1.807) is 41.2 Å². The van der Waals surface area contributed by atoms with Crippen molar-refractivity contribution >= 4 is 6.09 Å². The molecule has 29 heavy (non-hydrogen) atoms. The molecule has 2 heterocycles. The molecule has 3 rings (SSSR count). The Kier molecular flexibility index (Phi) is 5.21. The Hall–Kier alpha value is -3.16. The first-order chi connectivity index (χ1) is 13.5. The minimum Gasteiger partial charge on any atom is -0.426 e. The highest BCUT2D eigenvalue weighted by Gasteiger charge is 2.60. The highest BCUT2D eigenvalue weighted by atomic mass is 19.4. The molecule has 5 nitrogen and oxygen atoms in total. The zero-order chi connectivity index (χ0) is 21.4. The summed E-state index contributed by atoms with van der Waals surface area (Å²) in [5, 5.41) is 4.32. The van der Waals surface area contributed by atoms with Crippen molar-refractivity contribution in [2.75, 3.05) is 13.1 Å². The molecule has 1 amide bonds. The van der Waals surface area contributed by atoms with Crippen molar-refractivity contribution in [3.8, 4) is 18.0 Å². The fraction of sp³-hybridized carbons (Fsp3) is 0.333. The van der Waals surface area contributed by atoms with E-state index < -0.39 is 24.5 Å². The maximum atomic E-state index is 12.5. The zero-order valence-corrected chi connectivity index (χ0v) is 14.5. The number of amides is 1. The van der Waals surface area contributed by atoms with Crippen LogP contribution >= 0.6 is 0 Å². The van der Waals surface area contributed by atoms with Gasteiger partial charge >= 0.3 is 18.4 Å². The van der Waals surface area contributed by atoms with E-state index in [4.69, 9.17) is 6.42 Å². The van der Waals surface area contributed by atoms with E-state index in [-0.39, 0.29) is 19.0 Å². The number of rotatable bonds is 3. The average molecular weight is 417 g/mol. The number of carbonyl (C=O) groups is 1. The molecule has 0 saturated carbocycles. The van der Waals surface area contributed by atoms with E-state index in [9.17, 15) is 31.1 Å². The Morgan fingerprint density at radius 1 is 1.10 bits per heavy atom. The summed E-state index contributed by atoms with van der Waals surface area (Å²) in [6.45, 7) is -0.206. The first kappa shape index (κ1) is 20.6. The molecular weight excluding hydrogens is 404 g/mol. The zero-order valence-electron chi connectivity index (χ0n) is 14.5. The second kappa shape index (κ2) is 7.35. The SMILES string of the molecule is C#Cc1ccc(-n2ccc(C3CN(C(=O)OC(C(F)(F)F)C(F)(F)F)C3)n2)cc1. The number of halogens is 6. The number of hydrogen-bond acceptors (Lipinski definition) is 3. The summed E-state index contributed by atoms with van der Waals surface area (Å²) < 4.78 is 80.1. The summed E-state index contributed by atoms with van der Waals surface area (Å²) >= 11 is 0. The molecule has 1 aliphatic heterocycles. The molecule has 0 unspecified atom stereocenters. The van der Waals surface area contributed by atoms with Crippen LogP contribution in [0, 0.1) is 12.3 Å². The highest BCUT2D eigenvalue weighted by Crippen LogP contribution is 2.37. The molecule has 0 bridgehead atoms. The third kappa shape index (κ3) is 4.47. The van der Waals surface area contributed by atoms with Crippen molar-refractivity contribution in [3.63, 3.8) is 0 Å². The van der Waals surface area contributed by atoms with Crippen LogP contribution in [0.25, 0.3) is 5.69 Å².